The van der Waals surface area contributed by atoms with Crippen LogP contribution in [0.4, 0.5) is 0 Å². The molecule has 28 heavy (non-hydrogen) atoms. The number of nitrogens with zero attached hydrogens (tertiary/aromatic N) is 1. The molecule has 0 bridgehead atoms. The molecule has 0 aliphatic rings. The molecule has 0 spiro atoms. The van der Waals surface area contributed by atoms with Crippen LogP contribution in [0.15, 0.2) is 54.6 Å². The molecule has 2 aromatic carbocycles. The second-order valence-corrected chi connectivity index (χ2v) is 7.28. The lowest BCUT2D eigenvalue weighted by atomic mass is 10.1. The molecule has 1 atom stereocenters. The van der Waals surface area contributed by atoms with Crippen LogP contribution >= 0.6 is 11.6 Å². The van der Waals surface area contributed by atoms with Crippen LogP contribution < -0.4 is 5.32 Å². The summed E-state index contributed by atoms with van der Waals surface area (Å²) in [5.74, 6) is -0.126. The first-order valence-corrected chi connectivity index (χ1v) is 10.3. The number of nitrogens with one attached hydrogen (secondary N) is 1. The molecule has 0 aliphatic heterocycles. The molecule has 5 heteroatoms. The van der Waals surface area contributed by atoms with Gasteiger partial charge in [-0.1, -0.05) is 67.9 Å². The van der Waals surface area contributed by atoms with E-state index in [-0.39, 0.29) is 18.2 Å². The third kappa shape index (κ3) is 6.68. The highest BCUT2D eigenvalue weighted by Gasteiger charge is 2.28. The first-order valence-electron chi connectivity index (χ1n) is 9.90. The first-order chi connectivity index (χ1) is 13.5. The second kappa shape index (κ2) is 11.5. The Morgan fingerprint density at radius 3 is 2.29 bits per heavy atom. The summed E-state index contributed by atoms with van der Waals surface area (Å²) in [4.78, 5) is 27.5. The van der Waals surface area contributed by atoms with Crippen LogP contribution in [0.2, 0.25) is 5.02 Å². The van der Waals surface area contributed by atoms with Crippen molar-refractivity contribution in [3.63, 3.8) is 0 Å². The summed E-state index contributed by atoms with van der Waals surface area (Å²) in [6.45, 7) is 5.09. The van der Waals surface area contributed by atoms with Crippen LogP contribution in [-0.2, 0) is 22.4 Å². The molecule has 2 aromatic rings. The average molecular weight is 401 g/mol. The molecule has 150 valence electrons. The van der Waals surface area contributed by atoms with Crippen molar-refractivity contribution >= 4 is 23.4 Å². The van der Waals surface area contributed by atoms with E-state index < -0.39 is 6.04 Å². The Hall–Kier alpha value is -2.33. The van der Waals surface area contributed by atoms with E-state index in [1.165, 1.54) is 0 Å². The number of amides is 2. The third-order valence-corrected chi connectivity index (χ3v) is 4.94. The molecule has 0 radical (unpaired) electrons. The van der Waals surface area contributed by atoms with Crippen molar-refractivity contribution in [1.82, 2.24) is 10.2 Å². The normalized spacial score (nSPS) is 11.7. The second-order valence-electron chi connectivity index (χ2n) is 6.84. The van der Waals surface area contributed by atoms with Gasteiger partial charge < -0.3 is 10.2 Å². The Morgan fingerprint density at radius 1 is 1.00 bits per heavy atom. The fourth-order valence-electron chi connectivity index (χ4n) is 3.14. The first kappa shape index (κ1) is 22.0. The van der Waals surface area contributed by atoms with E-state index in [0.29, 0.717) is 31.0 Å². The van der Waals surface area contributed by atoms with Crippen molar-refractivity contribution in [1.29, 1.82) is 0 Å². The van der Waals surface area contributed by atoms with E-state index in [9.17, 15) is 9.59 Å². The molecule has 1 N–H and O–H groups in total. The Labute approximate surface area is 172 Å². The number of hydrogen-bond acceptors (Lipinski definition) is 2. The number of carbonyl (C=O) groups is 2. The van der Waals surface area contributed by atoms with Crippen LogP contribution in [0.5, 0.6) is 0 Å². The van der Waals surface area contributed by atoms with Gasteiger partial charge in [0.05, 0.1) is 6.42 Å². The molecule has 0 unspecified atom stereocenters. The lowest BCUT2D eigenvalue weighted by Crippen LogP contribution is -2.50. The number of benzene rings is 2. The minimum atomic E-state index is -0.463. The molecule has 0 aromatic heterocycles. The summed E-state index contributed by atoms with van der Waals surface area (Å²) in [7, 11) is 0. The molecule has 0 saturated carbocycles. The fourth-order valence-corrected chi connectivity index (χ4v) is 3.27. The minimum Gasteiger partial charge on any atom is -0.354 e. The van der Waals surface area contributed by atoms with Gasteiger partial charge in [-0.2, -0.15) is 0 Å². The SMILES string of the molecule is CCCNC(=O)[C@H](CC)N(CCc1ccccc1)C(=O)Cc1ccc(Cl)cc1. The van der Waals surface area contributed by atoms with Crippen molar-refractivity contribution in [3.05, 3.63) is 70.7 Å². The Balaban J connectivity index is 2.16. The zero-order chi connectivity index (χ0) is 20.4. The Morgan fingerprint density at radius 2 is 1.68 bits per heavy atom. The smallest absolute Gasteiger partial charge is 0.242 e. The minimum absolute atomic E-state index is 0.0447. The van der Waals surface area contributed by atoms with Crippen molar-refractivity contribution in [3.8, 4) is 0 Å². The number of halogens is 1. The van der Waals surface area contributed by atoms with Gasteiger partial charge in [0, 0.05) is 18.1 Å². The average Bonchev–Trinajstić information content (AvgIpc) is 2.71. The van der Waals surface area contributed by atoms with Crippen LogP contribution in [0.3, 0.4) is 0 Å². The molecule has 0 heterocycles. The van der Waals surface area contributed by atoms with E-state index in [2.05, 4.69) is 5.32 Å². The van der Waals surface area contributed by atoms with Gasteiger partial charge in [-0.15, -0.1) is 0 Å². The summed E-state index contributed by atoms with van der Waals surface area (Å²) >= 11 is 5.94. The van der Waals surface area contributed by atoms with E-state index in [4.69, 9.17) is 11.6 Å². The van der Waals surface area contributed by atoms with Crippen molar-refractivity contribution in [2.75, 3.05) is 13.1 Å². The molecule has 2 rings (SSSR count). The lowest BCUT2D eigenvalue weighted by molar-refractivity contribution is -0.140. The summed E-state index contributed by atoms with van der Waals surface area (Å²) in [5, 5.41) is 3.58. The standard InChI is InChI=1S/C23H29ClN2O2/c1-3-15-25-23(28)21(4-2)26(16-14-18-8-6-5-7-9-18)22(27)17-19-10-12-20(24)13-11-19/h5-13,21H,3-4,14-17H2,1-2H3,(H,25,28)/t21-/m0/s1. The zero-order valence-corrected chi connectivity index (χ0v) is 17.4. The molecule has 4 nitrogen and oxygen atoms in total. The van der Waals surface area contributed by atoms with Gasteiger partial charge in [-0.25, -0.2) is 0 Å². The Bertz CT molecular complexity index is 747. The monoisotopic (exact) mass is 400 g/mol. The zero-order valence-electron chi connectivity index (χ0n) is 16.7. The number of hydrogen-bond donors (Lipinski definition) is 1. The molecular weight excluding hydrogens is 372 g/mol. The summed E-state index contributed by atoms with van der Waals surface area (Å²) in [6.07, 6.45) is 2.41. The summed E-state index contributed by atoms with van der Waals surface area (Å²) in [6, 6.07) is 16.8. The highest BCUT2D eigenvalue weighted by Crippen LogP contribution is 2.14. The maximum Gasteiger partial charge on any atom is 0.242 e. The van der Waals surface area contributed by atoms with Gasteiger partial charge in [0.15, 0.2) is 0 Å². The number of rotatable bonds is 10. The van der Waals surface area contributed by atoms with Crippen LogP contribution in [0.1, 0.15) is 37.8 Å². The molecule has 0 saturated heterocycles. The van der Waals surface area contributed by atoms with E-state index in [1.54, 1.807) is 17.0 Å². The quantitative estimate of drug-likeness (QED) is 0.647. The molecule has 0 fully saturated rings. The lowest BCUT2D eigenvalue weighted by Gasteiger charge is -2.30. The Kier molecular flexibility index (Phi) is 9.02. The maximum atomic E-state index is 13.1. The van der Waals surface area contributed by atoms with Gasteiger partial charge in [0.1, 0.15) is 6.04 Å². The predicted molar refractivity (Wildman–Crippen MR) is 114 cm³/mol. The molecular formula is C23H29ClN2O2. The van der Waals surface area contributed by atoms with Gasteiger partial charge in [0.2, 0.25) is 11.8 Å². The van der Waals surface area contributed by atoms with E-state index in [0.717, 1.165) is 17.5 Å². The topological polar surface area (TPSA) is 49.4 Å². The van der Waals surface area contributed by atoms with Crippen molar-refractivity contribution in [2.24, 2.45) is 0 Å². The van der Waals surface area contributed by atoms with Crippen molar-refractivity contribution in [2.45, 2.75) is 45.6 Å². The van der Waals surface area contributed by atoms with Crippen LogP contribution in [-0.4, -0.2) is 35.8 Å². The van der Waals surface area contributed by atoms with E-state index >= 15 is 0 Å². The van der Waals surface area contributed by atoms with Gasteiger partial charge in [-0.3, -0.25) is 9.59 Å². The maximum absolute atomic E-state index is 13.1. The van der Waals surface area contributed by atoms with E-state index in [1.807, 2.05) is 56.3 Å². The molecule has 2 amide bonds. The highest BCUT2D eigenvalue weighted by atomic mass is 35.5. The van der Waals surface area contributed by atoms with Crippen LogP contribution in [0, 0.1) is 0 Å². The highest BCUT2D eigenvalue weighted by molar-refractivity contribution is 6.30. The third-order valence-electron chi connectivity index (χ3n) is 4.69. The van der Waals surface area contributed by atoms with Crippen LogP contribution in [0.25, 0.3) is 0 Å². The summed E-state index contributed by atoms with van der Waals surface area (Å²) < 4.78 is 0. The predicted octanol–water partition coefficient (Wildman–Crippen LogP) is 4.26. The van der Waals surface area contributed by atoms with Crippen molar-refractivity contribution < 1.29 is 9.59 Å². The molecule has 0 aliphatic carbocycles. The largest absolute Gasteiger partial charge is 0.354 e. The number of carbonyl (C=O) groups excluding carboxylic acids is 2. The summed E-state index contributed by atoms with van der Waals surface area (Å²) in [5.41, 5.74) is 2.04. The fraction of sp³-hybridized carbons (Fsp3) is 0.391. The van der Waals surface area contributed by atoms with Gasteiger partial charge in [-0.05, 0) is 42.5 Å². The van der Waals surface area contributed by atoms with Gasteiger partial charge in [0.25, 0.3) is 0 Å². The van der Waals surface area contributed by atoms with Gasteiger partial charge >= 0.3 is 0 Å².